The Labute approximate surface area is 74.5 Å². The summed E-state index contributed by atoms with van der Waals surface area (Å²) in [6.45, 7) is 0. The van der Waals surface area contributed by atoms with Crippen LogP contribution in [0.25, 0.3) is 11.4 Å². The molecule has 0 spiro atoms. The first-order valence-corrected chi connectivity index (χ1v) is 3.96. The molecule has 0 aliphatic heterocycles. The van der Waals surface area contributed by atoms with Gasteiger partial charge in [-0.25, -0.2) is 0 Å². The molecule has 0 amide bonds. The van der Waals surface area contributed by atoms with Crippen molar-refractivity contribution >= 4 is 12.2 Å². The van der Waals surface area contributed by atoms with Crippen LogP contribution in [-0.4, -0.2) is 15.2 Å². The van der Waals surface area contributed by atoms with Gasteiger partial charge in [0, 0.05) is 6.20 Å². The van der Waals surface area contributed by atoms with Crippen molar-refractivity contribution in [3.63, 3.8) is 0 Å². The molecule has 0 atom stereocenters. The highest BCUT2D eigenvalue weighted by atomic mass is 32.1. The third-order valence-electron chi connectivity index (χ3n) is 1.55. The first-order valence-electron chi connectivity index (χ1n) is 3.56. The van der Waals surface area contributed by atoms with Crippen molar-refractivity contribution in [3.05, 3.63) is 35.1 Å². The molecule has 0 unspecified atom stereocenters. The minimum atomic E-state index is 0.644. The third-order valence-corrected chi connectivity index (χ3v) is 1.78. The highest BCUT2D eigenvalue weighted by Gasteiger charge is 1.96. The highest BCUT2D eigenvalue weighted by molar-refractivity contribution is 7.71. The van der Waals surface area contributed by atoms with Crippen molar-refractivity contribution in [3.8, 4) is 11.4 Å². The van der Waals surface area contributed by atoms with Gasteiger partial charge in [0.2, 0.25) is 0 Å². The molecular weight excluding hydrogens is 170 g/mol. The quantitative estimate of drug-likeness (QED) is 0.655. The molecule has 2 heterocycles. The van der Waals surface area contributed by atoms with E-state index in [1.807, 2.05) is 30.5 Å². The molecule has 0 saturated heterocycles. The van der Waals surface area contributed by atoms with E-state index >= 15 is 0 Å². The third kappa shape index (κ3) is 1.29. The molecule has 60 valence electrons. The fourth-order valence-corrected chi connectivity index (χ4v) is 1.10. The van der Waals surface area contributed by atoms with Gasteiger partial charge < -0.3 is 4.98 Å². The lowest BCUT2D eigenvalue weighted by Gasteiger charge is -1.93. The van der Waals surface area contributed by atoms with Crippen molar-refractivity contribution in [2.24, 2.45) is 0 Å². The number of rotatable bonds is 1. The highest BCUT2D eigenvalue weighted by Crippen LogP contribution is 2.11. The molecule has 0 radical (unpaired) electrons. The van der Waals surface area contributed by atoms with Crippen LogP contribution in [0.4, 0.5) is 0 Å². The van der Waals surface area contributed by atoms with Crippen LogP contribution in [0.5, 0.6) is 0 Å². The normalized spacial score (nSPS) is 10.0. The van der Waals surface area contributed by atoms with Gasteiger partial charge in [-0.3, -0.25) is 5.10 Å². The average Bonchev–Trinajstić information content (AvgIpc) is 2.58. The van der Waals surface area contributed by atoms with Gasteiger partial charge in [0.1, 0.15) is 10.3 Å². The smallest absolute Gasteiger partial charge is 0.119 e. The zero-order valence-corrected chi connectivity index (χ0v) is 7.06. The molecule has 2 rings (SSSR count). The Balaban J connectivity index is 2.49. The van der Waals surface area contributed by atoms with E-state index in [1.165, 1.54) is 0 Å². The molecule has 0 bridgehead atoms. The molecule has 2 aromatic rings. The van der Waals surface area contributed by atoms with Crippen LogP contribution >= 0.6 is 12.2 Å². The van der Waals surface area contributed by atoms with Crippen LogP contribution in [0.2, 0.25) is 0 Å². The second-order valence-electron chi connectivity index (χ2n) is 2.39. The van der Waals surface area contributed by atoms with Crippen molar-refractivity contribution < 1.29 is 0 Å². The summed E-state index contributed by atoms with van der Waals surface area (Å²) in [6.07, 6.45) is 1.86. The van der Waals surface area contributed by atoms with Crippen molar-refractivity contribution in [1.82, 2.24) is 15.2 Å². The van der Waals surface area contributed by atoms with E-state index < -0.39 is 0 Å². The first kappa shape index (κ1) is 7.24. The van der Waals surface area contributed by atoms with Crippen LogP contribution < -0.4 is 0 Å². The molecule has 0 saturated carbocycles. The van der Waals surface area contributed by atoms with Crippen LogP contribution in [0.1, 0.15) is 0 Å². The summed E-state index contributed by atoms with van der Waals surface area (Å²) in [5.41, 5.74) is 1.86. The first-order chi connectivity index (χ1) is 5.86. The van der Waals surface area contributed by atoms with E-state index in [1.54, 1.807) is 0 Å². The summed E-state index contributed by atoms with van der Waals surface area (Å²) in [6, 6.07) is 7.58. The molecule has 0 aliphatic carbocycles. The largest absolute Gasteiger partial charge is 0.360 e. The Bertz CT molecular complexity index is 396. The molecule has 0 aliphatic rings. The van der Waals surface area contributed by atoms with E-state index in [-0.39, 0.29) is 0 Å². The van der Waals surface area contributed by atoms with Crippen LogP contribution in [0, 0.1) is 4.64 Å². The van der Waals surface area contributed by atoms with E-state index in [9.17, 15) is 0 Å². The Morgan fingerprint density at radius 3 is 2.75 bits per heavy atom. The average molecular weight is 177 g/mol. The summed E-state index contributed by atoms with van der Waals surface area (Å²) >= 11 is 4.87. The van der Waals surface area contributed by atoms with E-state index in [0.29, 0.717) is 4.64 Å². The summed E-state index contributed by atoms with van der Waals surface area (Å²) in [4.78, 5) is 3.06. The molecule has 3 nitrogen and oxygen atoms in total. The van der Waals surface area contributed by atoms with Gasteiger partial charge in [-0.1, -0.05) is 12.2 Å². The Morgan fingerprint density at radius 1 is 1.25 bits per heavy atom. The number of hydrogen-bond donors (Lipinski definition) is 2. The van der Waals surface area contributed by atoms with Crippen molar-refractivity contribution in [2.45, 2.75) is 0 Å². The van der Waals surface area contributed by atoms with E-state index in [4.69, 9.17) is 12.2 Å². The SMILES string of the molecule is S=c1ccc(-c2ccc[nH]2)n[nH]1. The molecule has 4 heteroatoms. The second kappa shape index (κ2) is 2.91. The Kier molecular flexibility index (Phi) is 1.75. The summed E-state index contributed by atoms with van der Waals surface area (Å²) in [7, 11) is 0. The standard InChI is InChI=1S/C8H7N3S/c12-8-4-3-7(10-11-8)6-2-1-5-9-6/h1-5,9H,(H,11,12). The number of aromatic nitrogens is 3. The minimum Gasteiger partial charge on any atom is -0.360 e. The van der Waals surface area contributed by atoms with Gasteiger partial charge in [0.25, 0.3) is 0 Å². The van der Waals surface area contributed by atoms with Crippen LogP contribution in [0.15, 0.2) is 30.5 Å². The molecular formula is C8H7N3S. The number of hydrogen-bond acceptors (Lipinski definition) is 2. The Hall–Kier alpha value is -1.42. The fraction of sp³-hybridized carbons (Fsp3) is 0. The zero-order chi connectivity index (χ0) is 8.39. The van der Waals surface area contributed by atoms with E-state index in [2.05, 4.69) is 15.2 Å². The lowest BCUT2D eigenvalue weighted by Crippen LogP contribution is -1.86. The van der Waals surface area contributed by atoms with Gasteiger partial charge in [-0.2, -0.15) is 5.10 Å². The molecule has 2 aromatic heterocycles. The molecule has 0 fully saturated rings. The lowest BCUT2D eigenvalue weighted by atomic mass is 10.3. The van der Waals surface area contributed by atoms with Crippen molar-refractivity contribution in [2.75, 3.05) is 0 Å². The zero-order valence-electron chi connectivity index (χ0n) is 6.24. The summed E-state index contributed by atoms with van der Waals surface area (Å²) < 4.78 is 0.644. The fourth-order valence-electron chi connectivity index (χ4n) is 0.984. The topological polar surface area (TPSA) is 44.5 Å². The molecule has 2 N–H and O–H groups in total. The number of nitrogens with zero attached hydrogens (tertiary/aromatic N) is 1. The summed E-state index contributed by atoms with van der Waals surface area (Å²) in [5.74, 6) is 0. The number of nitrogens with one attached hydrogen (secondary N) is 2. The van der Waals surface area contributed by atoms with Gasteiger partial charge in [-0.15, -0.1) is 0 Å². The van der Waals surface area contributed by atoms with Gasteiger partial charge >= 0.3 is 0 Å². The number of aromatic amines is 2. The maximum Gasteiger partial charge on any atom is 0.119 e. The maximum absolute atomic E-state index is 4.87. The van der Waals surface area contributed by atoms with Gasteiger partial charge in [-0.05, 0) is 24.3 Å². The number of H-pyrrole nitrogens is 2. The van der Waals surface area contributed by atoms with Crippen LogP contribution in [-0.2, 0) is 0 Å². The van der Waals surface area contributed by atoms with Gasteiger partial charge in [0.05, 0.1) is 5.69 Å². The predicted molar refractivity (Wildman–Crippen MR) is 49.2 cm³/mol. The maximum atomic E-state index is 4.87. The second-order valence-corrected chi connectivity index (χ2v) is 2.83. The summed E-state index contributed by atoms with van der Waals surface area (Å²) in [5, 5.41) is 6.79. The Morgan fingerprint density at radius 2 is 2.17 bits per heavy atom. The molecule has 0 aromatic carbocycles. The predicted octanol–water partition coefficient (Wildman–Crippen LogP) is 2.13. The lowest BCUT2D eigenvalue weighted by molar-refractivity contribution is 1.02. The molecule has 12 heavy (non-hydrogen) atoms. The minimum absolute atomic E-state index is 0.644. The van der Waals surface area contributed by atoms with E-state index in [0.717, 1.165) is 11.4 Å². The van der Waals surface area contributed by atoms with Gasteiger partial charge in [0.15, 0.2) is 0 Å². The van der Waals surface area contributed by atoms with Crippen molar-refractivity contribution in [1.29, 1.82) is 0 Å². The van der Waals surface area contributed by atoms with Crippen LogP contribution in [0.3, 0.4) is 0 Å². The monoisotopic (exact) mass is 177 g/mol.